The molecule has 62 valence electrons. The molecular formula is C8H13NOS. The van der Waals surface area contributed by atoms with Gasteiger partial charge in [-0.15, -0.1) is 0 Å². The summed E-state index contributed by atoms with van der Waals surface area (Å²) in [5.74, 6) is 2.08. The van der Waals surface area contributed by atoms with Gasteiger partial charge in [0.25, 0.3) is 0 Å². The molecular weight excluding hydrogens is 158 g/mol. The van der Waals surface area contributed by atoms with Gasteiger partial charge in [0.2, 0.25) is 5.91 Å². The topological polar surface area (TPSA) is 29.1 Å². The number of fused-ring (bicyclic) bond motifs is 1. The number of hydrogen-bond acceptors (Lipinski definition) is 2. The van der Waals surface area contributed by atoms with E-state index in [0.29, 0.717) is 17.2 Å². The Kier molecular flexibility index (Phi) is 1.83. The van der Waals surface area contributed by atoms with Crippen LogP contribution >= 0.6 is 11.8 Å². The fraction of sp³-hybridized carbons (Fsp3) is 0.875. The third-order valence-corrected chi connectivity index (χ3v) is 4.29. The first-order valence-corrected chi connectivity index (χ1v) is 5.27. The molecule has 3 heteroatoms. The largest absolute Gasteiger partial charge is 0.352 e. The molecule has 0 saturated carbocycles. The van der Waals surface area contributed by atoms with E-state index in [4.69, 9.17) is 0 Å². The lowest BCUT2D eigenvalue weighted by atomic mass is 9.99. The third kappa shape index (κ3) is 1.15. The Hall–Kier alpha value is -0.180. The molecule has 2 nitrogen and oxygen atoms in total. The highest BCUT2D eigenvalue weighted by Crippen LogP contribution is 2.38. The van der Waals surface area contributed by atoms with E-state index < -0.39 is 0 Å². The third-order valence-electron chi connectivity index (χ3n) is 2.61. The molecule has 0 aromatic carbocycles. The molecule has 0 aromatic rings. The molecule has 2 aliphatic rings. The molecule has 0 spiro atoms. The lowest BCUT2D eigenvalue weighted by molar-refractivity contribution is -0.119. The number of amides is 1. The summed E-state index contributed by atoms with van der Waals surface area (Å²) in [6.45, 7) is 2.20. The summed E-state index contributed by atoms with van der Waals surface area (Å²) in [6, 6.07) is 0.498. The average molecular weight is 171 g/mol. The quantitative estimate of drug-likeness (QED) is 0.638. The van der Waals surface area contributed by atoms with Gasteiger partial charge < -0.3 is 5.32 Å². The first kappa shape index (κ1) is 7.47. The normalized spacial score (nSPS) is 42.3. The van der Waals surface area contributed by atoms with Crippen molar-refractivity contribution in [3.05, 3.63) is 0 Å². The molecule has 0 unspecified atom stereocenters. The van der Waals surface area contributed by atoms with Crippen molar-refractivity contribution in [1.82, 2.24) is 5.32 Å². The van der Waals surface area contributed by atoms with E-state index in [2.05, 4.69) is 12.2 Å². The zero-order chi connectivity index (χ0) is 7.84. The second kappa shape index (κ2) is 2.70. The Bertz CT molecular complexity index is 183. The van der Waals surface area contributed by atoms with Gasteiger partial charge in [-0.3, -0.25) is 4.79 Å². The maximum atomic E-state index is 11.0. The molecule has 2 rings (SSSR count). The molecule has 0 bridgehead atoms. The number of rotatable bonds is 1. The van der Waals surface area contributed by atoms with Gasteiger partial charge in [-0.05, 0) is 18.1 Å². The van der Waals surface area contributed by atoms with E-state index >= 15 is 0 Å². The molecule has 2 fully saturated rings. The van der Waals surface area contributed by atoms with E-state index in [9.17, 15) is 4.79 Å². The second-order valence-electron chi connectivity index (χ2n) is 3.34. The molecule has 11 heavy (non-hydrogen) atoms. The Morgan fingerprint density at radius 3 is 3.27 bits per heavy atom. The fourth-order valence-corrected chi connectivity index (χ4v) is 3.56. The van der Waals surface area contributed by atoms with Gasteiger partial charge in [-0.1, -0.05) is 6.92 Å². The lowest BCUT2D eigenvalue weighted by Gasteiger charge is -2.14. The van der Waals surface area contributed by atoms with E-state index in [0.717, 1.165) is 6.42 Å². The van der Waals surface area contributed by atoms with Crippen LogP contribution in [0, 0.1) is 5.92 Å². The maximum absolute atomic E-state index is 11.0. The van der Waals surface area contributed by atoms with Crippen molar-refractivity contribution in [3.63, 3.8) is 0 Å². The maximum Gasteiger partial charge on any atom is 0.220 e. The van der Waals surface area contributed by atoms with E-state index in [-0.39, 0.29) is 5.91 Å². The van der Waals surface area contributed by atoms with Crippen molar-refractivity contribution in [3.8, 4) is 0 Å². The smallest absolute Gasteiger partial charge is 0.220 e. The van der Waals surface area contributed by atoms with Gasteiger partial charge in [0.1, 0.15) is 0 Å². The zero-order valence-electron chi connectivity index (χ0n) is 6.67. The second-order valence-corrected chi connectivity index (χ2v) is 4.61. The van der Waals surface area contributed by atoms with Crippen LogP contribution in [0.2, 0.25) is 0 Å². The predicted octanol–water partition coefficient (Wildman–Crippen LogP) is 1.02. The van der Waals surface area contributed by atoms with Crippen LogP contribution in [-0.4, -0.2) is 23.0 Å². The highest BCUT2D eigenvalue weighted by molar-refractivity contribution is 8.00. The Morgan fingerprint density at radius 1 is 1.73 bits per heavy atom. The highest BCUT2D eigenvalue weighted by atomic mass is 32.2. The van der Waals surface area contributed by atoms with Crippen molar-refractivity contribution in [2.24, 2.45) is 5.92 Å². The zero-order valence-corrected chi connectivity index (χ0v) is 7.49. The van der Waals surface area contributed by atoms with Gasteiger partial charge in [0.05, 0.1) is 0 Å². The van der Waals surface area contributed by atoms with Crippen molar-refractivity contribution in [2.45, 2.75) is 31.1 Å². The standard InChI is InChI=1S/C8H13NOS/c1-2-6-8-5(4-11-6)3-7(10)9-8/h5-6,8H,2-4H2,1H3,(H,9,10)/t5-,6-,8-/m0/s1. The summed E-state index contributed by atoms with van der Waals surface area (Å²) in [5.41, 5.74) is 0. The molecule has 3 atom stereocenters. The summed E-state index contributed by atoms with van der Waals surface area (Å²) >= 11 is 2.02. The van der Waals surface area contributed by atoms with Gasteiger partial charge in [0, 0.05) is 17.7 Å². The summed E-state index contributed by atoms with van der Waals surface area (Å²) in [5, 5.41) is 3.74. The minimum Gasteiger partial charge on any atom is -0.352 e. The fourth-order valence-electron chi connectivity index (χ4n) is 2.01. The number of carbonyl (C=O) groups is 1. The SMILES string of the molecule is CC[C@@H]1SC[C@@H]2CC(=O)N[C@@H]21. The summed E-state index contributed by atoms with van der Waals surface area (Å²) in [7, 11) is 0. The van der Waals surface area contributed by atoms with Crippen LogP contribution < -0.4 is 5.32 Å². The predicted molar refractivity (Wildman–Crippen MR) is 46.6 cm³/mol. The molecule has 0 aliphatic carbocycles. The molecule has 2 aliphatic heterocycles. The monoisotopic (exact) mass is 171 g/mol. The molecule has 2 heterocycles. The van der Waals surface area contributed by atoms with Gasteiger partial charge in [0.15, 0.2) is 0 Å². The van der Waals surface area contributed by atoms with Crippen LogP contribution in [0.5, 0.6) is 0 Å². The first-order valence-electron chi connectivity index (χ1n) is 4.22. The molecule has 0 radical (unpaired) electrons. The number of nitrogens with one attached hydrogen (secondary N) is 1. The summed E-state index contributed by atoms with van der Waals surface area (Å²) in [6.07, 6.45) is 1.96. The number of thioether (sulfide) groups is 1. The van der Waals surface area contributed by atoms with Crippen LogP contribution in [-0.2, 0) is 4.79 Å². The summed E-state index contributed by atoms with van der Waals surface area (Å²) in [4.78, 5) is 11.0. The van der Waals surface area contributed by atoms with Gasteiger partial charge in [-0.25, -0.2) is 0 Å². The average Bonchev–Trinajstić information content (AvgIpc) is 2.45. The van der Waals surface area contributed by atoms with E-state index in [1.165, 1.54) is 12.2 Å². The molecule has 2 saturated heterocycles. The lowest BCUT2D eigenvalue weighted by Crippen LogP contribution is -2.34. The van der Waals surface area contributed by atoms with Crippen molar-refractivity contribution < 1.29 is 4.79 Å². The first-order chi connectivity index (χ1) is 5.31. The van der Waals surface area contributed by atoms with Crippen molar-refractivity contribution in [2.75, 3.05) is 5.75 Å². The minimum absolute atomic E-state index is 0.263. The summed E-state index contributed by atoms with van der Waals surface area (Å²) < 4.78 is 0. The number of hydrogen-bond donors (Lipinski definition) is 1. The van der Waals surface area contributed by atoms with Crippen LogP contribution in [0.4, 0.5) is 0 Å². The van der Waals surface area contributed by atoms with Gasteiger partial charge >= 0.3 is 0 Å². The van der Waals surface area contributed by atoms with Crippen molar-refractivity contribution >= 4 is 17.7 Å². The Morgan fingerprint density at radius 2 is 2.55 bits per heavy atom. The van der Waals surface area contributed by atoms with E-state index in [1.54, 1.807) is 0 Å². The van der Waals surface area contributed by atoms with Gasteiger partial charge in [-0.2, -0.15) is 11.8 Å². The Labute approximate surface area is 71.1 Å². The number of carbonyl (C=O) groups excluding carboxylic acids is 1. The minimum atomic E-state index is 0.263. The molecule has 1 amide bonds. The highest BCUT2D eigenvalue weighted by Gasteiger charge is 2.42. The van der Waals surface area contributed by atoms with E-state index in [1.807, 2.05) is 11.8 Å². The van der Waals surface area contributed by atoms with Crippen LogP contribution in [0.15, 0.2) is 0 Å². The van der Waals surface area contributed by atoms with Crippen LogP contribution in [0.25, 0.3) is 0 Å². The molecule has 0 aromatic heterocycles. The van der Waals surface area contributed by atoms with Crippen molar-refractivity contribution in [1.29, 1.82) is 0 Å². The molecule has 1 N–H and O–H groups in total. The van der Waals surface area contributed by atoms with Crippen LogP contribution in [0.3, 0.4) is 0 Å². The van der Waals surface area contributed by atoms with Crippen LogP contribution in [0.1, 0.15) is 19.8 Å². The Balaban J connectivity index is 2.07.